The predicted molar refractivity (Wildman–Crippen MR) is 60.9 cm³/mol. The molecule has 1 aromatic heterocycles. The highest BCUT2D eigenvalue weighted by Gasteiger charge is 2.06. The molecule has 0 aliphatic rings. The number of hydrogen-bond donors (Lipinski definition) is 1. The summed E-state index contributed by atoms with van der Waals surface area (Å²) >= 11 is 0. The van der Waals surface area contributed by atoms with Crippen LogP contribution in [0.5, 0.6) is 0 Å². The van der Waals surface area contributed by atoms with Crippen molar-refractivity contribution in [3.63, 3.8) is 0 Å². The van der Waals surface area contributed by atoms with Gasteiger partial charge in [0, 0.05) is 6.61 Å². The lowest BCUT2D eigenvalue weighted by molar-refractivity contribution is 0.130. The zero-order valence-electron chi connectivity index (χ0n) is 10.1. The summed E-state index contributed by atoms with van der Waals surface area (Å²) in [6.07, 6.45) is 4.45. The molecule has 92 valence electrons. The number of aliphatic hydroxyl groups excluding tert-OH is 1. The Kier molecular flexibility index (Phi) is 6.03. The lowest BCUT2D eigenvalue weighted by Gasteiger charge is -2.08. The van der Waals surface area contributed by atoms with Gasteiger partial charge < -0.3 is 9.84 Å². The molecule has 1 atom stereocenters. The highest BCUT2D eigenvalue weighted by molar-refractivity contribution is 4.89. The van der Waals surface area contributed by atoms with E-state index < -0.39 is 0 Å². The highest BCUT2D eigenvalue weighted by atomic mass is 16.5. The molecule has 0 aliphatic carbocycles. The molecule has 1 aromatic rings. The van der Waals surface area contributed by atoms with E-state index >= 15 is 0 Å². The number of ether oxygens (including phenoxy) is 1. The summed E-state index contributed by atoms with van der Waals surface area (Å²) in [6, 6.07) is 0. The maximum atomic E-state index is 9.70. The molecular weight excluding hydrogens is 206 g/mol. The molecule has 0 aromatic carbocycles. The SMILES string of the molecule is CCCCC(O)Cn1cc(COCC)nn1. The Hall–Kier alpha value is -0.940. The molecule has 1 heterocycles. The van der Waals surface area contributed by atoms with E-state index in [1.54, 1.807) is 4.68 Å². The lowest BCUT2D eigenvalue weighted by atomic mass is 10.2. The molecule has 0 spiro atoms. The summed E-state index contributed by atoms with van der Waals surface area (Å²) < 4.78 is 6.90. The van der Waals surface area contributed by atoms with Gasteiger partial charge in [0.2, 0.25) is 0 Å². The maximum Gasteiger partial charge on any atom is 0.108 e. The second-order valence-corrected chi connectivity index (χ2v) is 3.87. The van der Waals surface area contributed by atoms with Crippen molar-refractivity contribution in [3.8, 4) is 0 Å². The first-order valence-electron chi connectivity index (χ1n) is 5.91. The molecule has 5 nitrogen and oxygen atoms in total. The fourth-order valence-electron chi connectivity index (χ4n) is 1.45. The second kappa shape index (κ2) is 7.35. The van der Waals surface area contributed by atoms with E-state index in [1.807, 2.05) is 13.1 Å². The van der Waals surface area contributed by atoms with Crippen LogP contribution in [-0.4, -0.2) is 32.8 Å². The van der Waals surface area contributed by atoms with E-state index in [0.29, 0.717) is 19.8 Å². The van der Waals surface area contributed by atoms with Crippen molar-refractivity contribution in [1.29, 1.82) is 0 Å². The maximum absolute atomic E-state index is 9.70. The van der Waals surface area contributed by atoms with Crippen LogP contribution in [0.3, 0.4) is 0 Å². The Balaban J connectivity index is 2.33. The van der Waals surface area contributed by atoms with Gasteiger partial charge in [-0.3, -0.25) is 0 Å². The molecular formula is C11H21N3O2. The minimum absolute atomic E-state index is 0.332. The van der Waals surface area contributed by atoms with Crippen LogP contribution in [0.15, 0.2) is 6.20 Å². The summed E-state index contributed by atoms with van der Waals surface area (Å²) in [5.74, 6) is 0. The molecule has 0 amide bonds. The van der Waals surface area contributed by atoms with Crippen molar-refractivity contribution in [1.82, 2.24) is 15.0 Å². The van der Waals surface area contributed by atoms with E-state index in [0.717, 1.165) is 25.0 Å². The van der Waals surface area contributed by atoms with Crippen LogP contribution in [0.2, 0.25) is 0 Å². The summed E-state index contributed by atoms with van der Waals surface area (Å²) in [7, 11) is 0. The molecule has 1 rings (SSSR count). The average molecular weight is 227 g/mol. The summed E-state index contributed by atoms with van der Waals surface area (Å²) in [4.78, 5) is 0. The molecule has 0 aliphatic heterocycles. The fraction of sp³-hybridized carbons (Fsp3) is 0.818. The molecule has 0 saturated heterocycles. The van der Waals surface area contributed by atoms with Gasteiger partial charge in [-0.1, -0.05) is 25.0 Å². The minimum atomic E-state index is -0.332. The van der Waals surface area contributed by atoms with Crippen LogP contribution in [0.4, 0.5) is 0 Å². The van der Waals surface area contributed by atoms with Gasteiger partial charge in [0.05, 0.1) is 25.5 Å². The van der Waals surface area contributed by atoms with Gasteiger partial charge in [0.15, 0.2) is 0 Å². The third kappa shape index (κ3) is 4.72. The second-order valence-electron chi connectivity index (χ2n) is 3.87. The average Bonchev–Trinajstić information content (AvgIpc) is 2.71. The van der Waals surface area contributed by atoms with Crippen LogP contribution >= 0.6 is 0 Å². The van der Waals surface area contributed by atoms with Gasteiger partial charge in [0.25, 0.3) is 0 Å². The van der Waals surface area contributed by atoms with Gasteiger partial charge in [-0.25, -0.2) is 4.68 Å². The largest absolute Gasteiger partial charge is 0.391 e. The van der Waals surface area contributed by atoms with Crippen molar-refractivity contribution in [2.75, 3.05) is 6.61 Å². The van der Waals surface area contributed by atoms with Crippen molar-refractivity contribution in [2.45, 2.75) is 52.4 Å². The van der Waals surface area contributed by atoms with Crippen LogP contribution in [0.25, 0.3) is 0 Å². The first-order valence-corrected chi connectivity index (χ1v) is 5.91. The molecule has 1 unspecified atom stereocenters. The Morgan fingerprint density at radius 1 is 1.50 bits per heavy atom. The van der Waals surface area contributed by atoms with Gasteiger partial charge >= 0.3 is 0 Å². The molecule has 16 heavy (non-hydrogen) atoms. The smallest absolute Gasteiger partial charge is 0.108 e. The van der Waals surface area contributed by atoms with Gasteiger partial charge in [0.1, 0.15) is 5.69 Å². The highest BCUT2D eigenvalue weighted by Crippen LogP contribution is 2.03. The van der Waals surface area contributed by atoms with E-state index in [-0.39, 0.29) is 6.10 Å². The lowest BCUT2D eigenvalue weighted by Crippen LogP contribution is -2.16. The summed E-state index contributed by atoms with van der Waals surface area (Å²) in [6.45, 7) is 5.73. The van der Waals surface area contributed by atoms with E-state index in [2.05, 4.69) is 17.2 Å². The molecule has 5 heteroatoms. The minimum Gasteiger partial charge on any atom is -0.391 e. The standard InChI is InChI=1S/C11H21N3O2/c1-3-5-6-11(15)8-14-7-10(12-13-14)9-16-4-2/h7,11,15H,3-6,8-9H2,1-2H3. The first-order chi connectivity index (χ1) is 7.76. The Morgan fingerprint density at radius 2 is 2.31 bits per heavy atom. The van der Waals surface area contributed by atoms with Crippen molar-refractivity contribution in [2.24, 2.45) is 0 Å². The Morgan fingerprint density at radius 3 is 3.00 bits per heavy atom. The van der Waals surface area contributed by atoms with E-state index in [1.165, 1.54) is 0 Å². The predicted octanol–water partition coefficient (Wildman–Crippen LogP) is 1.37. The number of nitrogens with zero attached hydrogens (tertiary/aromatic N) is 3. The third-order valence-electron chi connectivity index (χ3n) is 2.33. The van der Waals surface area contributed by atoms with Crippen LogP contribution in [-0.2, 0) is 17.9 Å². The normalized spacial score (nSPS) is 12.9. The number of aromatic nitrogens is 3. The van der Waals surface area contributed by atoms with Crippen molar-refractivity contribution >= 4 is 0 Å². The quantitative estimate of drug-likeness (QED) is 0.728. The van der Waals surface area contributed by atoms with E-state index in [9.17, 15) is 5.11 Å². The zero-order valence-corrected chi connectivity index (χ0v) is 10.1. The number of aliphatic hydroxyl groups is 1. The monoisotopic (exact) mass is 227 g/mol. The van der Waals surface area contributed by atoms with E-state index in [4.69, 9.17) is 4.74 Å². The van der Waals surface area contributed by atoms with Crippen molar-refractivity contribution < 1.29 is 9.84 Å². The topological polar surface area (TPSA) is 60.2 Å². The Labute approximate surface area is 96.4 Å². The van der Waals surface area contributed by atoms with Gasteiger partial charge in [-0.15, -0.1) is 5.10 Å². The molecule has 0 bridgehead atoms. The first kappa shape index (κ1) is 13.1. The molecule has 0 saturated carbocycles. The molecule has 0 radical (unpaired) electrons. The third-order valence-corrected chi connectivity index (χ3v) is 2.33. The summed E-state index contributed by atoms with van der Waals surface area (Å²) in [5.41, 5.74) is 0.810. The fourth-order valence-corrected chi connectivity index (χ4v) is 1.45. The van der Waals surface area contributed by atoms with Gasteiger partial charge in [-0.05, 0) is 13.3 Å². The zero-order chi connectivity index (χ0) is 11.8. The summed E-state index contributed by atoms with van der Waals surface area (Å²) in [5, 5.41) is 17.6. The van der Waals surface area contributed by atoms with Crippen LogP contribution in [0.1, 0.15) is 38.8 Å². The number of unbranched alkanes of at least 4 members (excludes halogenated alkanes) is 1. The van der Waals surface area contributed by atoms with Crippen LogP contribution < -0.4 is 0 Å². The molecule has 0 fully saturated rings. The van der Waals surface area contributed by atoms with Crippen LogP contribution in [0, 0.1) is 0 Å². The number of rotatable bonds is 8. The Bertz CT molecular complexity index is 289. The molecule has 1 N–H and O–H groups in total. The van der Waals surface area contributed by atoms with Gasteiger partial charge in [-0.2, -0.15) is 0 Å². The van der Waals surface area contributed by atoms with Crippen molar-refractivity contribution in [3.05, 3.63) is 11.9 Å². The number of hydrogen-bond acceptors (Lipinski definition) is 4.